The van der Waals surface area contributed by atoms with E-state index in [0.29, 0.717) is 19.0 Å². The van der Waals surface area contributed by atoms with Gasteiger partial charge in [0.25, 0.3) is 0 Å². The summed E-state index contributed by atoms with van der Waals surface area (Å²) in [5.74, 6) is 2.24. The van der Waals surface area contributed by atoms with E-state index in [1.165, 1.54) is 0 Å². The molecule has 110 valence electrons. The first kappa shape index (κ1) is 14.9. The second-order valence-corrected chi connectivity index (χ2v) is 5.34. The molecule has 2 rings (SSSR count). The van der Waals surface area contributed by atoms with Gasteiger partial charge in [-0.05, 0) is 5.75 Å². The van der Waals surface area contributed by atoms with Crippen LogP contribution < -0.4 is 4.74 Å². The predicted octanol–water partition coefficient (Wildman–Crippen LogP) is 1.45. The number of hydrogen-bond donors (Lipinski definition) is 0. The smallest absolute Gasteiger partial charge is 0.243 e. The molecule has 0 aromatic carbocycles. The summed E-state index contributed by atoms with van der Waals surface area (Å²) in [5.41, 5.74) is 0.835. The lowest BCUT2D eigenvalue weighted by atomic mass is 10.3. The third-order valence-corrected chi connectivity index (χ3v) is 3.59. The Bertz CT molecular complexity index is 566. The van der Waals surface area contributed by atoms with Gasteiger partial charge in [0.05, 0.1) is 20.3 Å². The molecular formula is C12H19N5O2S. The van der Waals surface area contributed by atoms with E-state index in [-0.39, 0.29) is 0 Å². The van der Waals surface area contributed by atoms with Crippen molar-refractivity contribution in [3.05, 3.63) is 6.20 Å². The van der Waals surface area contributed by atoms with Gasteiger partial charge in [0.2, 0.25) is 5.88 Å². The molecule has 0 aliphatic heterocycles. The van der Waals surface area contributed by atoms with Crippen molar-refractivity contribution in [3.63, 3.8) is 0 Å². The van der Waals surface area contributed by atoms with Crippen molar-refractivity contribution in [2.75, 3.05) is 26.6 Å². The van der Waals surface area contributed by atoms with Gasteiger partial charge in [0.15, 0.2) is 11.0 Å². The van der Waals surface area contributed by atoms with Crippen molar-refractivity contribution in [1.82, 2.24) is 24.5 Å². The van der Waals surface area contributed by atoms with Crippen LogP contribution in [0.15, 0.2) is 11.4 Å². The summed E-state index contributed by atoms with van der Waals surface area (Å²) in [5, 5.41) is 13.7. The minimum absolute atomic E-state index is 0.548. The van der Waals surface area contributed by atoms with E-state index < -0.39 is 0 Å². The number of methoxy groups -OCH3 is 2. The zero-order valence-electron chi connectivity index (χ0n) is 12.2. The average molecular weight is 297 g/mol. The first-order valence-corrected chi connectivity index (χ1v) is 7.32. The number of aromatic nitrogens is 5. The van der Waals surface area contributed by atoms with E-state index in [9.17, 15) is 0 Å². The minimum atomic E-state index is 0.548. The molecule has 2 aromatic heterocycles. The molecule has 0 spiro atoms. The van der Waals surface area contributed by atoms with E-state index in [4.69, 9.17) is 9.47 Å². The van der Waals surface area contributed by atoms with Crippen LogP contribution in [-0.4, -0.2) is 51.1 Å². The zero-order valence-corrected chi connectivity index (χ0v) is 13.0. The number of rotatable bonds is 7. The highest BCUT2D eigenvalue weighted by atomic mass is 32.2. The first-order chi connectivity index (χ1) is 9.71. The first-order valence-electron chi connectivity index (χ1n) is 6.34. The van der Waals surface area contributed by atoms with Gasteiger partial charge in [-0.15, -0.1) is 15.3 Å². The van der Waals surface area contributed by atoms with Gasteiger partial charge in [-0.2, -0.15) is 0 Å². The Morgan fingerprint density at radius 1 is 1.30 bits per heavy atom. The van der Waals surface area contributed by atoms with Crippen LogP contribution in [-0.2, 0) is 18.3 Å². The second kappa shape index (κ2) is 6.76. The number of hydrogen-bond acceptors (Lipinski definition) is 6. The molecule has 2 heterocycles. The van der Waals surface area contributed by atoms with Crippen molar-refractivity contribution in [1.29, 1.82) is 0 Å². The highest BCUT2D eigenvalue weighted by Crippen LogP contribution is 2.29. The molecule has 0 radical (unpaired) electrons. The molecule has 0 atom stereocenters. The average Bonchev–Trinajstić information content (AvgIpc) is 3.00. The lowest BCUT2D eigenvalue weighted by Gasteiger charge is -2.08. The van der Waals surface area contributed by atoms with Gasteiger partial charge >= 0.3 is 0 Å². The lowest BCUT2D eigenvalue weighted by Crippen LogP contribution is -2.07. The van der Waals surface area contributed by atoms with Crippen LogP contribution in [0.5, 0.6) is 5.88 Å². The highest BCUT2D eigenvalue weighted by Gasteiger charge is 2.19. The van der Waals surface area contributed by atoms with Crippen LogP contribution >= 0.6 is 11.8 Å². The minimum Gasteiger partial charge on any atom is -0.479 e. The molecule has 0 fully saturated rings. The quantitative estimate of drug-likeness (QED) is 0.721. The SMILES string of the molecule is CCSc1nnc(-c2cn(C)nc2OC)n1CCOC. The summed E-state index contributed by atoms with van der Waals surface area (Å²) in [6.07, 6.45) is 1.88. The van der Waals surface area contributed by atoms with E-state index in [1.54, 1.807) is 30.7 Å². The number of ether oxygens (including phenoxy) is 2. The fourth-order valence-electron chi connectivity index (χ4n) is 1.88. The summed E-state index contributed by atoms with van der Waals surface area (Å²) < 4.78 is 14.2. The molecule has 0 saturated carbocycles. The topological polar surface area (TPSA) is 67.0 Å². The molecule has 0 bridgehead atoms. The Labute approximate surface area is 122 Å². The largest absolute Gasteiger partial charge is 0.479 e. The van der Waals surface area contributed by atoms with Crippen LogP contribution in [0, 0.1) is 0 Å². The molecule has 8 heteroatoms. The molecule has 0 amide bonds. The van der Waals surface area contributed by atoms with Gasteiger partial charge in [-0.3, -0.25) is 9.25 Å². The van der Waals surface area contributed by atoms with E-state index in [1.807, 2.05) is 17.8 Å². The van der Waals surface area contributed by atoms with Crippen LogP contribution in [0.2, 0.25) is 0 Å². The predicted molar refractivity (Wildman–Crippen MR) is 77.1 cm³/mol. The van der Waals surface area contributed by atoms with Gasteiger partial charge in [0.1, 0.15) is 5.56 Å². The third kappa shape index (κ3) is 2.96. The maximum Gasteiger partial charge on any atom is 0.243 e. The maximum absolute atomic E-state index is 5.30. The van der Waals surface area contributed by atoms with Crippen LogP contribution in [0.4, 0.5) is 0 Å². The van der Waals surface area contributed by atoms with Gasteiger partial charge in [0, 0.05) is 20.4 Å². The summed E-state index contributed by atoms with van der Waals surface area (Å²) in [6.45, 7) is 3.38. The van der Waals surface area contributed by atoms with E-state index in [0.717, 1.165) is 22.3 Å². The highest BCUT2D eigenvalue weighted by molar-refractivity contribution is 7.99. The standard InChI is InChI=1S/C12H19N5O2S/c1-5-20-12-14-13-10(17(12)6-7-18-3)9-8-16(2)15-11(9)19-4/h8H,5-7H2,1-4H3. The molecule has 2 aromatic rings. The molecule has 0 saturated heterocycles. The van der Waals surface area contributed by atoms with Crippen LogP contribution in [0.25, 0.3) is 11.4 Å². The van der Waals surface area contributed by atoms with Crippen LogP contribution in [0.3, 0.4) is 0 Å². The van der Waals surface area contributed by atoms with Crippen molar-refractivity contribution in [2.45, 2.75) is 18.6 Å². The zero-order chi connectivity index (χ0) is 14.5. The molecule has 7 nitrogen and oxygen atoms in total. The van der Waals surface area contributed by atoms with Gasteiger partial charge in [-0.1, -0.05) is 18.7 Å². The summed E-state index contributed by atoms with van der Waals surface area (Å²) in [7, 11) is 5.13. The fourth-order valence-corrected chi connectivity index (χ4v) is 2.57. The van der Waals surface area contributed by atoms with Crippen molar-refractivity contribution in [2.24, 2.45) is 7.05 Å². The lowest BCUT2D eigenvalue weighted by molar-refractivity contribution is 0.185. The Balaban J connectivity index is 2.43. The van der Waals surface area contributed by atoms with Gasteiger partial charge < -0.3 is 9.47 Å². The Morgan fingerprint density at radius 2 is 2.10 bits per heavy atom. The summed E-state index contributed by atoms with van der Waals surface area (Å²) in [6, 6.07) is 0. The Morgan fingerprint density at radius 3 is 2.75 bits per heavy atom. The van der Waals surface area contributed by atoms with Crippen LogP contribution in [0.1, 0.15) is 6.92 Å². The van der Waals surface area contributed by atoms with Crippen molar-refractivity contribution < 1.29 is 9.47 Å². The van der Waals surface area contributed by atoms with E-state index in [2.05, 4.69) is 22.2 Å². The normalized spacial score (nSPS) is 11.0. The number of nitrogens with zero attached hydrogens (tertiary/aromatic N) is 5. The monoisotopic (exact) mass is 297 g/mol. The molecule has 0 aliphatic rings. The van der Waals surface area contributed by atoms with Crippen molar-refractivity contribution >= 4 is 11.8 Å². The van der Waals surface area contributed by atoms with Gasteiger partial charge in [-0.25, -0.2) is 0 Å². The summed E-state index contributed by atoms with van der Waals surface area (Å²) in [4.78, 5) is 0. The van der Waals surface area contributed by atoms with E-state index >= 15 is 0 Å². The molecule has 20 heavy (non-hydrogen) atoms. The van der Waals surface area contributed by atoms with Crippen molar-refractivity contribution in [3.8, 4) is 17.3 Å². The fraction of sp³-hybridized carbons (Fsp3) is 0.583. The number of aryl methyl sites for hydroxylation is 1. The molecular weight excluding hydrogens is 278 g/mol. The molecule has 0 aliphatic carbocycles. The number of thioether (sulfide) groups is 1. The summed E-state index contributed by atoms with van der Waals surface area (Å²) >= 11 is 1.65. The molecule has 0 N–H and O–H groups in total. The Hall–Kier alpha value is -1.54. The molecule has 0 unspecified atom stereocenters. The second-order valence-electron chi connectivity index (χ2n) is 4.11. The maximum atomic E-state index is 5.30. The third-order valence-electron chi connectivity index (χ3n) is 2.74. The Kier molecular flexibility index (Phi) is 5.02.